The average Bonchev–Trinajstić information content (AvgIpc) is 3.14. The third-order valence-corrected chi connectivity index (χ3v) is 10.9. The zero-order valence-corrected chi connectivity index (χ0v) is 32.4. The predicted molar refractivity (Wildman–Crippen MR) is 207 cm³/mol. The number of ether oxygens (including phenoxy) is 1. The molecule has 0 aliphatic carbocycles. The standard InChI is InChI=1S/C40H50F3N9O4/c1-26-21-30(6-8-33(26)52-16-12-35(53)47-37(52)54)49-19-17-48(18-20-49)24-27-9-13-50(14-10-27)34-7-5-29(22-31(34)40(41,42)43)45-36-44-23-28-11-15-51(25-32(28)46-36)38(55)56-39(2,3)4/h5-8,21-23,27H,9-20,24-25H2,1-4H3,(H,44,45,46)(H,47,53,54). The van der Waals surface area contributed by atoms with Gasteiger partial charge < -0.3 is 24.8 Å². The molecule has 1 aromatic heterocycles. The van der Waals surface area contributed by atoms with Gasteiger partial charge in [0, 0.05) is 94.3 Å². The highest BCUT2D eigenvalue weighted by Crippen LogP contribution is 2.40. The minimum atomic E-state index is -4.56. The Labute approximate surface area is 325 Å². The zero-order valence-electron chi connectivity index (χ0n) is 32.4. The van der Waals surface area contributed by atoms with Crippen LogP contribution in [-0.2, 0) is 28.7 Å². The third-order valence-electron chi connectivity index (χ3n) is 10.9. The molecule has 0 saturated carbocycles. The van der Waals surface area contributed by atoms with Crippen molar-refractivity contribution in [3.63, 3.8) is 0 Å². The summed E-state index contributed by atoms with van der Waals surface area (Å²) in [6, 6.07) is 9.96. The highest BCUT2D eigenvalue weighted by molar-refractivity contribution is 6.06. The fourth-order valence-corrected chi connectivity index (χ4v) is 7.93. The molecule has 13 nitrogen and oxygen atoms in total. The number of aromatic nitrogens is 2. The number of piperazine rings is 1. The molecule has 4 aliphatic rings. The number of anilines is 5. The normalized spacial score (nSPS) is 18.8. The van der Waals surface area contributed by atoms with Crippen molar-refractivity contribution in [3.8, 4) is 0 Å². The average molecular weight is 778 g/mol. The molecule has 300 valence electrons. The molecule has 4 aliphatic heterocycles. The van der Waals surface area contributed by atoms with E-state index in [1.807, 2.05) is 24.0 Å². The number of piperidine rings is 1. The number of hydrogen-bond donors (Lipinski definition) is 2. The Morgan fingerprint density at radius 1 is 0.911 bits per heavy atom. The lowest BCUT2D eigenvalue weighted by Crippen LogP contribution is -2.50. The SMILES string of the molecule is Cc1cc(N2CCN(CC3CCN(c4ccc(Nc5ncc6c(n5)CN(C(=O)OC(C)(C)C)CC6)cc4C(F)(F)F)CC3)CC2)ccc1N1CCC(=O)NC1=O. The molecule has 56 heavy (non-hydrogen) atoms. The summed E-state index contributed by atoms with van der Waals surface area (Å²) in [7, 11) is 0. The van der Waals surface area contributed by atoms with Crippen LogP contribution in [-0.4, -0.2) is 102 Å². The summed E-state index contributed by atoms with van der Waals surface area (Å²) >= 11 is 0. The molecule has 0 bridgehead atoms. The smallest absolute Gasteiger partial charge is 0.418 e. The third kappa shape index (κ3) is 9.11. The molecular weight excluding hydrogens is 727 g/mol. The lowest BCUT2D eigenvalue weighted by Gasteiger charge is -2.40. The number of rotatable bonds is 7. The minimum Gasteiger partial charge on any atom is -0.444 e. The monoisotopic (exact) mass is 777 g/mol. The van der Waals surface area contributed by atoms with Gasteiger partial charge in [-0.3, -0.25) is 19.9 Å². The van der Waals surface area contributed by atoms with Crippen LogP contribution in [0.1, 0.15) is 62.4 Å². The van der Waals surface area contributed by atoms with Gasteiger partial charge in [0.1, 0.15) is 5.60 Å². The number of benzene rings is 2. The Kier molecular flexibility index (Phi) is 11.0. The molecule has 16 heteroatoms. The van der Waals surface area contributed by atoms with Gasteiger partial charge in [0.05, 0.1) is 17.8 Å². The summed E-state index contributed by atoms with van der Waals surface area (Å²) in [4.78, 5) is 55.3. The summed E-state index contributed by atoms with van der Waals surface area (Å²) in [6.45, 7) is 13.9. The molecule has 4 amide bonds. The second kappa shape index (κ2) is 15.8. The summed E-state index contributed by atoms with van der Waals surface area (Å²) < 4.78 is 49.0. The van der Waals surface area contributed by atoms with Gasteiger partial charge in [-0.2, -0.15) is 13.2 Å². The van der Waals surface area contributed by atoms with Crippen LogP contribution in [0.3, 0.4) is 0 Å². The quantitative estimate of drug-likeness (QED) is 0.282. The number of alkyl halides is 3. The lowest BCUT2D eigenvalue weighted by atomic mass is 9.94. The van der Waals surface area contributed by atoms with Gasteiger partial charge >= 0.3 is 18.3 Å². The van der Waals surface area contributed by atoms with Crippen LogP contribution in [0.15, 0.2) is 42.6 Å². The van der Waals surface area contributed by atoms with Gasteiger partial charge in [-0.05, 0) is 100 Å². The van der Waals surface area contributed by atoms with Crippen molar-refractivity contribution in [2.24, 2.45) is 5.92 Å². The molecule has 0 radical (unpaired) electrons. The van der Waals surface area contributed by atoms with Crippen molar-refractivity contribution in [2.75, 3.05) is 78.9 Å². The fourth-order valence-electron chi connectivity index (χ4n) is 7.93. The van der Waals surface area contributed by atoms with E-state index in [0.29, 0.717) is 44.2 Å². The molecule has 3 aromatic rings. The first kappa shape index (κ1) is 39.1. The Morgan fingerprint density at radius 3 is 2.32 bits per heavy atom. The van der Waals surface area contributed by atoms with Gasteiger partial charge in [0.15, 0.2) is 0 Å². The molecule has 0 atom stereocenters. The highest BCUT2D eigenvalue weighted by Gasteiger charge is 2.37. The molecule has 2 N–H and O–H groups in total. The molecule has 3 saturated heterocycles. The first-order valence-electron chi connectivity index (χ1n) is 19.3. The number of imide groups is 1. The molecule has 0 spiro atoms. The number of aryl methyl sites for hydroxylation is 1. The number of amides is 4. The number of carbonyl (C=O) groups is 3. The maximum atomic E-state index is 14.5. The van der Waals surface area contributed by atoms with Crippen LogP contribution in [0, 0.1) is 12.8 Å². The predicted octanol–water partition coefficient (Wildman–Crippen LogP) is 6.33. The number of halogens is 3. The van der Waals surface area contributed by atoms with Crippen molar-refractivity contribution in [2.45, 2.75) is 71.7 Å². The largest absolute Gasteiger partial charge is 0.444 e. The number of hydrogen-bond acceptors (Lipinski definition) is 10. The summed E-state index contributed by atoms with van der Waals surface area (Å²) in [5.41, 5.74) is 3.44. The minimum absolute atomic E-state index is 0.160. The van der Waals surface area contributed by atoms with E-state index < -0.39 is 29.5 Å². The number of carbonyl (C=O) groups excluding carboxylic acids is 3. The van der Waals surface area contributed by atoms with Gasteiger partial charge in [-0.25, -0.2) is 19.6 Å². The van der Waals surface area contributed by atoms with E-state index in [1.165, 1.54) is 6.07 Å². The van der Waals surface area contributed by atoms with E-state index >= 15 is 0 Å². The van der Waals surface area contributed by atoms with Crippen LogP contribution >= 0.6 is 0 Å². The fraction of sp³-hybridized carbons (Fsp3) is 0.525. The Bertz CT molecular complexity index is 1950. The van der Waals surface area contributed by atoms with E-state index in [4.69, 9.17) is 4.74 Å². The second-order valence-corrected chi connectivity index (χ2v) is 16.1. The first-order chi connectivity index (χ1) is 26.6. The van der Waals surface area contributed by atoms with Crippen molar-refractivity contribution < 1.29 is 32.3 Å². The molecular formula is C40H50F3N9O4. The highest BCUT2D eigenvalue weighted by atomic mass is 19.4. The van der Waals surface area contributed by atoms with Crippen LogP contribution in [0.25, 0.3) is 0 Å². The topological polar surface area (TPSA) is 126 Å². The Hall–Kier alpha value is -5.12. The van der Waals surface area contributed by atoms with Gasteiger partial charge in [-0.1, -0.05) is 0 Å². The van der Waals surface area contributed by atoms with Gasteiger partial charge in [0.2, 0.25) is 11.9 Å². The maximum Gasteiger partial charge on any atom is 0.418 e. The second-order valence-electron chi connectivity index (χ2n) is 16.1. The molecule has 0 unspecified atom stereocenters. The van der Waals surface area contributed by atoms with Crippen LogP contribution < -0.4 is 25.3 Å². The number of nitrogens with one attached hydrogen (secondary N) is 2. The van der Waals surface area contributed by atoms with Crippen LogP contribution in [0.4, 0.5) is 51.5 Å². The van der Waals surface area contributed by atoms with E-state index in [1.54, 1.807) is 42.8 Å². The zero-order chi connectivity index (χ0) is 39.8. The van der Waals surface area contributed by atoms with Gasteiger partial charge in [-0.15, -0.1) is 0 Å². The van der Waals surface area contributed by atoms with Crippen molar-refractivity contribution in [3.05, 3.63) is 65.0 Å². The Morgan fingerprint density at radius 2 is 1.64 bits per heavy atom. The van der Waals surface area contributed by atoms with Crippen LogP contribution in [0.5, 0.6) is 0 Å². The summed E-state index contributed by atoms with van der Waals surface area (Å²) in [5, 5.41) is 5.34. The van der Waals surface area contributed by atoms with Crippen molar-refractivity contribution in [1.29, 1.82) is 0 Å². The van der Waals surface area contributed by atoms with Crippen molar-refractivity contribution in [1.82, 2.24) is 25.1 Å². The van der Waals surface area contributed by atoms with Crippen molar-refractivity contribution >= 4 is 46.7 Å². The number of fused-ring (bicyclic) bond motifs is 1. The van der Waals surface area contributed by atoms with E-state index in [2.05, 4.69) is 36.5 Å². The van der Waals surface area contributed by atoms with Crippen LogP contribution in [0.2, 0.25) is 0 Å². The van der Waals surface area contributed by atoms with E-state index in [9.17, 15) is 27.6 Å². The molecule has 3 fully saturated rings. The first-order valence-corrected chi connectivity index (χ1v) is 19.3. The lowest BCUT2D eigenvalue weighted by molar-refractivity contribution is -0.137. The molecule has 5 heterocycles. The number of urea groups is 1. The molecule has 2 aromatic carbocycles. The Balaban J connectivity index is 0.918. The number of nitrogens with zero attached hydrogens (tertiary/aromatic N) is 7. The van der Waals surface area contributed by atoms with Gasteiger partial charge in [0.25, 0.3) is 0 Å². The van der Waals surface area contributed by atoms with E-state index in [-0.39, 0.29) is 36.2 Å². The summed E-state index contributed by atoms with van der Waals surface area (Å²) in [6.07, 6.45) is -0.900. The van der Waals surface area contributed by atoms with E-state index in [0.717, 1.165) is 74.1 Å². The maximum absolute atomic E-state index is 14.5. The summed E-state index contributed by atoms with van der Waals surface area (Å²) in [5.74, 6) is 0.299. The molecule has 7 rings (SSSR count).